The van der Waals surface area contributed by atoms with E-state index in [1.54, 1.807) is 19.5 Å². The lowest BCUT2D eigenvalue weighted by Gasteiger charge is -2.22. The monoisotopic (exact) mass is 209 g/mol. The largest absolute Gasteiger partial charge is 0.494 e. The lowest BCUT2D eigenvalue weighted by Crippen LogP contribution is -2.33. The fourth-order valence-electron chi connectivity index (χ4n) is 1.85. The molecule has 0 saturated carbocycles. The van der Waals surface area contributed by atoms with Crippen molar-refractivity contribution < 1.29 is 9.84 Å². The molecule has 1 aliphatic rings. The first-order valence-corrected chi connectivity index (χ1v) is 5.08. The molecule has 1 aromatic rings. The van der Waals surface area contributed by atoms with Crippen LogP contribution in [0, 0.1) is 0 Å². The maximum Gasteiger partial charge on any atom is 0.225 e. The number of aromatic nitrogens is 2. The van der Waals surface area contributed by atoms with Gasteiger partial charge in [-0.1, -0.05) is 0 Å². The van der Waals surface area contributed by atoms with Crippen LogP contribution in [0.4, 0.5) is 5.95 Å². The predicted molar refractivity (Wildman–Crippen MR) is 56.0 cm³/mol. The Balaban J connectivity index is 2.14. The zero-order valence-electron chi connectivity index (χ0n) is 8.76. The minimum atomic E-state index is 0.162. The van der Waals surface area contributed by atoms with Crippen molar-refractivity contribution in [2.75, 3.05) is 25.2 Å². The van der Waals surface area contributed by atoms with Gasteiger partial charge in [0.05, 0.1) is 32.2 Å². The average molecular weight is 209 g/mol. The van der Waals surface area contributed by atoms with Crippen LogP contribution in [-0.2, 0) is 0 Å². The topological polar surface area (TPSA) is 58.5 Å². The molecule has 15 heavy (non-hydrogen) atoms. The van der Waals surface area contributed by atoms with Crippen molar-refractivity contribution in [3.63, 3.8) is 0 Å². The van der Waals surface area contributed by atoms with Crippen molar-refractivity contribution in [3.8, 4) is 5.75 Å². The van der Waals surface area contributed by atoms with Gasteiger partial charge in [-0.25, -0.2) is 9.97 Å². The quantitative estimate of drug-likeness (QED) is 0.783. The van der Waals surface area contributed by atoms with Gasteiger partial charge in [0.2, 0.25) is 5.95 Å². The Labute approximate surface area is 88.7 Å². The van der Waals surface area contributed by atoms with Crippen LogP contribution in [0.5, 0.6) is 5.75 Å². The highest BCUT2D eigenvalue weighted by molar-refractivity contribution is 5.34. The van der Waals surface area contributed by atoms with Gasteiger partial charge in [0.15, 0.2) is 5.75 Å². The minimum absolute atomic E-state index is 0.162. The molecule has 0 unspecified atom stereocenters. The number of methoxy groups -OCH3 is 1. The molecule has 82 valence electrons. The number of hydrogen-bond acceptors (Lipinski definition) is 5. The molecule has 0 aliphatic carbocycles. The SMILES string of the molecule is COc1cnc(N2CCC[C@H]2CO)nc1. The van der Waals surface area contributed by atoms with Gasteiger partial charge in [-0.3, -0.25) is 0 Å². The Bertz CT molecular complexity index is 315. The number of aliphatic hydroxyl groups is 1. The summed E-state index contributed by atoms with van der Waals surface area (Å²) in [5.74, 6) is 1.32. The van der Waals surface area contributed by atoms with Gasteiger partial charge in [-0.15, -0.1) is 0 Å². The maximum atomic E-state index is 9.18. The first-order valence-electron chi connectivity index (χ1n) is 5.08. The summed E-state index contributed by atoms with van der Waals surface area (Å²) >= 11 is 0. The smallest absolute Gasteiger partial charge is 0.225 e. The normalized spacial score (nSPS) is 20.7. The van der Waals surface area contributed by atoms with Gasteiger partial charge in [0.25, 0.3) is 0 Å². The van der Waals surface area contributed by atoms with E-state index in [1.165, 1.54) is 0 Å². The van der Waals surface area contributed by atoms with Gasteiger partial charge in [0, 0.05) is 6.54 Å². The summed E-state index contributed by atoms with van der Waals surface area (Å²) in [5.41, 5.74) is 0. The molecule has 1 aromatic heterocycles. The summed E-state index contributed by atoms with van der Waals surface area (Å²) in [4.78, 5) is 10.5. The van der Waals surface area contributed by atoms with Crippen LogP contribution in [0.3, 0.4) is 0 Å². The molecule has 0 bridgehead atoms. The van der Waals surface area contributed by atoms with Crippen LogP contribution < -0.4 is 9.64 Å². The molecule has 5 nitrogen and oxygen atoms in total. The second kappa shape index (κ2) is 4.44. The van der Waals surface area contributed by atoms with E-state index in [0.29, 0.717) is 11.7 Å². The third kappa shape index (κ3) is 2.02. The summed E-state index contributed by atoms with van der Waals surface area (Å²) in [5, 5.41) is 9.18. The second-order valence-electron chi connectivity index (χ2n) is 3.59. The zero-order chi connectivity index (χ0) is 10.7. The molecule has 0 spiro atoms. The highest BCUT2D eigenvalue weighted by atomic mass is 16.5. The molecule has 1 aliphatic heterocycles. The fraction of sp³-hybridized carbons (Fsp3) is 0.600. The molecule has 0 aromatic carbocycles. The van der Waals surface area contributed by atoms with Crippen molar-refractivity contribution in [1.82, 2.24) is 9.97 Å². The number of rotatable bonds is 3. The van der Waals surface area contributed by atoms with Crippen LogP contribution in [0.25, 0.3) is 0 Å². The molecule has 2 heterocycles. The number of hydrogen-bond donors (Lipinski definition) is 1. The Kier molecular flexibility index (Phi) is 3.01. The van der Waals surface area contributed by atoms with Crippen LogP contribution in [0.1, 0.15) is 12.8 Å². The van der Waals surface area contributed by atoms with Gasteiger partial charge in [-0.05, 0) is 12.8 Å². The lowest BCUT2D eigenvalue weighted by atomic mass is 10.2. The van der Waals surface area contributed by atoms with E-state index in [2.05, 4.69) is 9.97 Å². The molecule has 1 saturated heterocycles. The lowest BCUT2D eigenvalue weighted by molar-refractivity contribution is 0.265. The molecular formula is C10H15N3O2. The number of anilines is 1. The third-order valence-electron chi connectivity index (χ3n) is 2.70. The Morgan fingerprint density at radius 3 is 2.87 bits per heavy atom. The summed E-state index contributed by atoms with van der Waals surface area (Å²) in [7, 11) is 1.59. The van der Waals surface area contributed by atoms with Gasteiger partial charge in [-0.2, -0.15) is 0 Å². The van der Waals surface area contributed by atoms with E-state index >= 15 is 0 Å². The first kappa shape index (κ1) is 10.2. The van der Waals surface area contributed by atoms with Crippen molar-refractivity contribution in [2.45, 2.75) is 18.9 Å². The third-order valence-corrected chi connectivity index (χ3v) is 2.70. The minimum Gasteiger partial charge on any atom is -0.494 e. The van der Waals surface area contributed by atoms with Crippen LogP contribution >= 0.6 is 0 Å². The van der Waals surface area contributed by atoms with E-state index in [0.717, 1.165) is 19.4 Å². The van der Waals surface area contributed by atoms with E-state index < -0.39 is 0 Å². The molecular weight excluding hydrogens is 194 g/mol. The predicted octanol–water partition coefficient (Wildman–Crippen LogP) is 0.446. The zero-order valence-corrected chi connectivity index (χ0v) is 8.76. The van der Waals surface area contributed by atoms with E-state index in [-0.39, 0.29) is 12.6 Å². The number of aliphatic hydroxyl groups excluding tert-OH is 1. The Hall–Kier alpha value is -1.36. The molecule has 2 rings (SSSR count). The van der Waals surface area contributed by atoms with Crippen molar-refractivity contribution in [3.05, 3.63) is 12.4 Å². The molecule has 5 heteroatoms. The highest BCUT2D eigenvalue weighted by Crippen LogP contribution is 2.22. The van der Waals surface area contributed by atoms with Crippen LogP contribution in [-0.4, -0.2) is 41.4 Å². The van der Waals surface area contributed by atoms with E-state index in [9.17, 15) is 5.11 Å². The van der Waals surface area contributed by atoms with Crippen molar-refractivity contribution in [2.24, 2.45) is 0 Å². The van der Waals surface area contributed by atoms with Crippen molar-refractivity contribution in [1.29, 1.82) is 0 Å². The summed E-state index contributed by atoms with van der Waals surface area (Å²) in [6.07, 6.45) is 5.39. The van der Waals surface area contributed by atoms with E-state index in [4.69, 9.17) is 4.74 Å². The summed E-state index contributed by atoms with van der Waals surface area (Å²) in [6, 6.07) is 0.165. The van der Waals surface area contributed by atoms with Crippen molar-refractivity contribution >= 4 is 5.95 Å². The highest BCUT2D eigenvalue weighted by Gasteiger charge is 2.25. The molecule has 1 atom stereocenters. The van der Waals surface area contributed by atoms with E-state index in [1.807, 2.05) is 4.90 Å². The van der Waals surface area contributed by atoms with Crippen LogP contribution in [0.2, 0.25) is 0 Å². The average Bonchev–Trinajstić information content (AvgIpc) is 2.77. The number of nitrogens with zero attached hydrogens (tertiary/aromatic N) is 3. The maximum absolute atomic E-state index is 9.18. The molecule has 1 fully saturated rings. The van der Waals surface area contributed by atoms with Gasteiger partial charge < -0.3 is 14.7 Å². The van der Waals surface area contributed by atoms with Crippen LogP contribution in [0.15, 0.2) is 12.4 Å². The number of ether oxygens (including phenoxy) is 1. The molecule has 0 amide bonds. The second-order valence-corrected chi connectivity index (χ2v) is 3.59. The molecule has 0 radical (unpaired) electrons. The Morgan fingerprint density at radius 2 is 2.27 bits per heavy atom. The van der Waals surface area contributed by atoms with Gasteiger partial charge in [0.1, 0.15) is 0 Å². The fourth-order valence-corrected chi connectivity index (χ4v) is 1.85. The first-order chi connectivity index (χ1) is 7.35. The standard InChI is InChI=1S/C10H15N3O2/c1-15-9-5-11-10(12-6-9)13-4-2-3-8(13)7-14/h5-6,8,14H,2-4,7H2,1H3/t8-/m0/s1. The summed E-state index contributed by atoms with van der Waals surface area (Å²) in [6.45, 7) is 1.08. The molecule has 1 N–H and O–H groups in total. The Morgan fingerprint density at radius 1 is 1.53 bits per heavy atom. The van der Waals surface area contributed by atoms with Gasteiger partial charge >= 0.3 is 0 Å². The summed E-state index contributed by atoms with van der Waals surface area (Å²) < 4.78 is 4.99.